The van der Waals surface area contributed by atoms with Gasteiger partial charge in [0.05, 0.1) is 5.69 Å². The number of hydrogen-bond donors (Lipinski definition) is 0. The van der Waals surface area contributed by atoms with Gasteiger partial charge in [0.15, 0.2) is 0 Å². The number of nitrogens with zero attached hydrogens (tertiary/aromatic N) is 3. The van der Waals surface area contributed by atoms with Gasteiger partial charge < -0.3 is 0 Å². The summed E-state index contributed by atoms with van der Waals surface area (Å²) in [6.07, 6.45) is 1.07. The molecular formula is C11H17N3. The molecule has 0 aliphatic heterocycles. The van der Waals surface area contributed by atoms with Crippen LogP contribution in [0.25, 0.3) is 0 Å². The Morgan fingerprint density at radius 1 is 1.29 bits per heavy atom. The summed E-state index contributed by atoms with van der Waals surface area (Å²) in [5.41, 5.74) is 0.891. The molecular weight excluding hydrogens is 174 g/mol. The van der Waals surface area contributed by atoms with Gasteiger partial charge in [-0.05, 0) is 25.5 Å². The monoisotopic (exact) mass is 191 g/mol. The first-order valence-corrected chi connectivity index (χ1v) is 4.93. The predicted molar refractivity (Wildman–Crippen MR) is 58.5 cm³/mol. The highest BCUT2D eigenvalue weighted by atomic mass is 15.5. The van der Waals surface area contributed by atoms with E-state index in [1.54, 1.807) is 0 Å². The third-order valence-corrected chi connectivity index (χ3v) is 2.29. The van der Waals surface area contributed by atoms with Crippen molar-refractivity contribution in [3.8, 4) is 0 Å². The Morgan fingerprint density at radius 3 is 2.50 bits per heavy atom. The van der Waals surface area contributed by atoms with Crippen LogP contribution < -0.4 is 0 Å². The standard InChI is InChI=1S/C11H17N3/c1-4-10(2)14(3)13-12-11-8-6-5-7-9-11/h5-10H,4H2,1-3H3. The highest BCUT2D eigenvalue weighted by Gasteiger charge is 2.02. The Kier molecular flexibility index (Phi) is 4.11. The highest BCUT2D eigenvalue weighted by Crippen LogP contribution is 2.11. The minimum atomic E-state index is 0.433. The van der Waals surface area contributed by atoms with E-state index in [-0.39, 0.29) is 0 Å². The minimum absolute atomic E-state index is 0.433. The molecule has 1 rings (SSSR count). The summed E-state index contributed by atoms with van der Waals surface area (Å²) >= 11 is 0. The second-order valence-electron chi connectivity index (χ2n) is 3.36. The van der Waals surface area contributed by atoms with Gasteiger partial charge in [0.2, 0.25) is 0 Å². The summed E-state index contributed by atoms with van der Waals surface area (Å²) in [5, 5.41) is 10.1. The van der Waals surface area contributed by atoms with Crippen molar-refractivity contribution in [2.75, 3.05) is 7.05 Å². The molecule has 0 aromatic heterocycles. The van der Waals surface area contributed by atoms with Crippen LogP contribution in [0.15, 0.2) is 40.7 Å². The molecule has 76 valence electrons. The molecule has 0 fully saturated rings. The van der Waals surface area contributed by atoms with Crippen LogP contribution >= 0.6 is 0 Å². The van der Waals surface area contributed by atoms with Gasteiger partial charge in [0.25, 0.3) is 0 Å². The molecule has 0 amide bonds. The van der Waals surface area contributed by atoms with Crippen LogP contribution in [0.2, 0.25) is 0 Å². The molecule has 0 N–H and O–H groups in total. The number of benzene rings is 1. The fourth-order valence-corrected chi connectivity index (χ4v) is 0.969. The normalized spacial score (nSPS) is 13.1. The van der Waals surface area contributed by atoms with Gasteiger partial charge in [-0.1, -0.05) is 30.3 Å². The smallest absolute Gasteiger partial charge is 0.0874 e. The molecule has 1 unspecified atom stereocenters. The molecule has 0 heterocycles. The van der Waals surface area contributed by atoms with Crippen molar-refractivity contribution in [2.45, 2.75) is 26.3 Å². The molecule has 0 spiro atoms. The third kappa shape index (κ3) is 3.17. The van der Waals surface area contributed by atoms with Crippen LogP contribution in [0.1, 0.15) is 20.3 Å². The average Bonchev–Trinajstić information content (AvgIpc) is 2.26. The highest BCUT2D eigenvalue weighted by molar-refractivity contribution is 5.34. The average molecular weight is 191 g/mol. The zero-order valence-corrected chi connectivity index (χ0v) is 9.01. The fraction of sp³-hybridized carbons (Fsp3) is 0.455. The van der Waals surface area contributed by atoms with Crippen LogP contribution in [0.5, 0.6) is 0 Å². The van der Waals surface area contributed by atoms with E-state index < -0.39 is 0 Å². The Hall–Kier alpha value is -1.38. The van der Waals surface area contributed by atoms with Crippen molar-refractivity contribution >= 4 is 5.69 Å². The lowest BCUT2D eigenvalue weighted by molar-refractivity contribution is 0.248. The van der Waals surface area contributed by atoms with Gasteiger partial charge in [0.1, 0.15) is 0 Å². The third-order valence-electron chi connectivity index (χ3n) is 2.29. The van der Waals surface area contributed by atoms with E-state index in [9.17, 15) is 0 Å². The molecule has 3 nitrogen and oxygen atoms in total. The van der Waals surface area contributed by atoms with Gasteiger partial charge in [-0.2, -0.15) is 0 Å². The van der Waals surface area contributed by atoms with Crippen molar-refractivity contribution in [1.82, 2.24) is 5.01 Å². The number of rotatable bonds is 4. The zero-order valence-electron chi connectivity index (χ0n) is 9.01. The van der Waals surface area contributed by atoms with E-state index in [2.05, 4.69) is 24.2 Å². The van der Waals surface area contributed by atoms with Crippen LogP contribution in [0, 0.1) is 0 Å². The summed E-state index contributed by atoms with van der Waals surface area (Å²) in [6.45, 7) is 4.27. The first-order chi connectivity index (χ1) is 6.74. The molecule has 1 aromatic carbocycles. The molecule has 14 heavy (non-hydrogen) atoms. The molecule has 1 aromatic rings. The lowest BCUT2D eigenvalue weighted by Crippen LogP contribution is -2.22. The van der Waals surface area contributed by atoms with Gasteiger partial charge in [-0.25, -0.2) is 0 Å². The van der Waals surface area contributed by atoms with Gasteiger partial charge in [-0.3, -0.25) is 5.01 Å². The largest absolute Gasteiger partial charge is 0.279 e. The van der Waals surface area contributed by atoms with Crippen molar-refractivity contribution < 1.29 is 0 Å². The molecule has 0 aliphatic rings. The van der Waals surface area contributed by atoms with E-state index in [1.165, 1.54) is 0 Å². The van der Waals surface area contributed by atoms with E-state index in [1.807, 2.05) is 42.4 Å². The summed E-state index contributed by atoms with van der Waals surface area (Å²) in [7, 11) is 1.95. The van der Waals surface area contributed by atoms with Crippen LogP contribution in [0.4, 0.5) is 5.69 Å². The molecule has 3 heteroatoms. The summed E-state index contributed by atoms with van der Waals surface area (Å²) < 4.78 is 0. The van der Waals surface area contributed by atoms with Gasteiger partial charge in [-0.15, -0.1) is 5.11 Å². The maximum Gasteiger partial charge on any atom is 0.0874 e. The van der Waals surface area contributed by atoms with Gasteiger partial charge >= 0.3 is 0 Å². The SMILES string of the molecule is CCC(C)N(C)N=Nc1ccccc1. The lowest BCUT2D eigenvalue weighted by Gasteiger charge is -2.17. The van der Waals surface area contributed by atoms with Crippen LogP contribution in [-0.4, -0.2) is 18.1 Å². The maximum absolute atomic E-state index is 4.13. The Bertz CT molecular complexity index is 282. The lowest BCUT2D eigenvalue weighted by atomic mass is 10.3. The van der Waals surface area contributed by atoms with E-state index >= 15 is 0 Å². The molecule has 0 bridgehead atoms. The molecule has 0 saturated carbocycles. The Balaban J connectivity index is 2.56. The minimum Gasteiger partial charge on any atom is -0.279 e. The first-order valence-electron chi connectivity index (χ1n) is 4.93. The Labute approximate surface area is 85.4 Å². The van der Waals surface area contributed by atoms with Gasteiger partial charge in [0, 0.05) is 13.1 Å². The molecule has 0 aliphatic carbocycles. The predicted octanol–water partition coefficient (Wildman–Crippen LogP) is 3.42. The second-order valence-corrected chi connectivity index (χ2v) is 3.36. The van der Waals surface area contributed by atoms with Crippen molar-refractivity contribution in [2.24, 2.45) is 10.3 Å². The van der Waals surface area contributed by atoms with Crippen molar-refractivity contribution in [3.05, 3.63) is 30.3 Å². The second kappa shape index (κ2) is 5.37. The van der Waals surface area contributed by atoms with E-state index in [4.69, 9.17) is 0 Å². The summed E-state index contributed by atoms with van der Waals surface area (Å²) in [4.78, 5) is 0. The van der Waals surface area contributed by atoms with Crippen molar-refractivity contribution in [1.29, 1.82) is 0 Å². The number of hydrogen-bond acceptors (Lipinski definition) is 2. The summed E-state index contributed by atoms with van der Waals surface area (Å²) in [5.74, 6) is 0. The van der Waals surface area contributed by atoms with Crippen LogP contribution in [0.3, 0.4) is 0 Å². The topological polar surface area (TPSA) is 28.0 Å². The summed E-state index contributed by atoms with van der Waals surface area (Å²) in [6, 6.07) is 10.2. The first kappa shape index (κ1) is 10.7. The molecule has 0 saturated heterocycles. The van der Waals surface area contributed by atoms with Crippen molar-refractivity contribution in [3.63, 3.8) is 0 Å². The van der Waals surface area contributed by atoms with Crippen LogP contribution in [-0.2, 0) is 0 Å². The van der Waals surface area contributed by atoms with E-state index in [0.717, 1.165) is 12.1 Å². The Morgan fingerprint density at radius 2 is 1.93 bits per heavy atom. The molecule has 0 radical (unpaired) electrons. The molecule has 1 atom stereocenters. The van der Waals surface area contributed by atoms with E-state index in [0.29, 0.717) is 6.04 Å². The maximum atomic E-state index is 4.13. The fourth-order valence-electron chi connectivity index (χ4n) is 0.969. The zero-order chi connectivity index (χ0) is 10.4. The quantitative estimate of drug-likeness (QED) is 0.529.